The van der Waals surface area contributed by atoms with Gasteiger partial charge in [0.15, 0.2) is 0 Å². The van der Waals surface area contributed by atoms with Crippen LogP contribution in [-0.2, 0) is 4.79 Å². The van der Waals surface area contributed by atoms with Crippen LogP contribution in [0.15, 0.2) is 71.8 Å². The number of anilines is 1. The van der Waals surface area contributed by atoms with E-state index in [1.54, 1.807) is 31.2 Å². The van der Waals surface area contributed by atoms with Gasteiger partial charge in [-0.3, -0.25) is 4.79 Å². The molecule has 0 spiro atoms. The maximum Gasteiger partial charge on any atom is 0.262 e. The van der Waals surface area contributed by atoms with E-state index in [0.717, 1.165) is 16.5 Å². The third-order valence-electron chi connectivity index (χ3n) is 3.84. The van der Waals surface area contributed by atoms with Gasteiger partial charge in [-0.1, -0.05) is 42.5 Å². The molecule has 5 nitrogen and oxygen atoms in total. The van der Waals surface area contributed by atoms with Crippen LogP contribution in [0.3, 0.4) is 0 Å². The third-order valence-corrected chi connectivity index (χ3v) is 3.84. The first-order valence-corrected chi connectivity index (χ1v) is 8.00. The molecular formula is C20H19N3O2. The second kappa shape index (κ2) is 7.49. The molecule has 0 fully saturated rings. The van der Waals surface area contributed by atoms with Gasteiger partial charge in [0.25, 0.3) is 5.91 Å². The fraction of sp³-hybridized carbons (Fsp3) is 0.100. The Morgan fingerprint density at radius 2 is 1.76 bits per heavy atom. The summed E-state index contributed by atoms with van der Waals surface area (Å²) in [6.07, 6.45) is 1.41. The number of phenols is 1. The average Bonchev–Trinajstić information content (AvgIpc) is 2.63. The summed E-state index contributed by atoms with van der Waals surface area (Å²) in [5.74, 6) is -0.150. The Kier molecular flexibility index (Phi) is 4.95. The normalized spacial score (nSPS) is 12.2. The number of nitrogens with zero attached hydrogens (tertiary/aromatic N) is 1. The van der Waals surface area contributed by atoms with Gasteiger partial charge >= 0.3 is 0 Å². The standard InChI is InChI=1S/C20H19N3O2/c1-14(20(25)23-21-13-17-8-4-5-9-19(17)24)22-18-11-10-15-6-2-3-7-16(15)12-18/h2-14,22,24H,1H3,(H,23,25)/b21-13+. The monoisotopic (exact) mass is 333 g/mol. The van der Waals surface area contributed by atoms with E-state index >= 15 is 0 Å². The van der Waals surface area contributed by atoms with Crippen molar-refractivity contribution in [1.29, 1.82) is 0 Å². The van der Waals surface area contributed by atoms with Crippen molar-refractivity contribution in [3.8, 4) is 5.75 Å². The van der Waals surface area contributed by atoms with Crippen LogP contribution in [0, 0.1) is 0 Å². The van der Waals surface area contributed by atoms with E-state index in [1.807, 2.05) is 42.5 Å². The highest BCUT2D eigenvalue weighted by Gasteiger charge is 2.11. The number of amides is 1. The highest BCUT2D eigenvalue weighted by atomic mass is 16.3. The molecule has 25 heavy (non-hydrogen) atoms. The van der Waals surface area contributed by atoms with Crippen molar-refractivity contribution in [2.75, 3.05) is 5.32 Å². The number of para-hydroxylation sites is 1. The summed E-state index contributed by atoms with van der Waals surface area (Å²) < 4.78 is 0. The Labute approximate surface area is 146 Å². The quantitative estimate of drug-likeness (QED) is 0.494. The molecule has 0 saturated carbocycles. The summed E-state index contributed by atoms with van der Waals surface area (Å²) in [5.41, 5.74) is 3.88. The van der Waals surface area contributed by atoms with Gasteiger partial charge in [-0.15, -0.1) is 0 Å². The molecule has 1 atom stereocenters. The van der Waals surface area contributed by atoms with E-state index < -0.39 is 6.04 Å². The zero-order valence-electron chi connectivity index (χ0n) is 13.8. The lowest BCUT2D eigenvalue weighted by Crippen LogP contribution is -2.34. The van der Waals surface area contributed by atoms with Crippen LogP contribution < -0.4 is 10.7 Å². The molecule has 0 radical (unpaired) electrons. The Morgan fingerprint density at radius 1 is 1.04 bits per heavy atom. The number of hydrogen-bond acceptors (Lipinski definition) is 4. The molecule has 0 aliphatic heterocycles. The fourth-order valence-corrected chi connectivity index (χ4v) is 2.45. The van der Waals surface area contributed by atoms with E-state index in [2.05, 4.69) is 15.8 Å². The van der Waals surface area contributed by atoms with Crippen molar-refractivity contribution < 1.29 is 9.90 Å². The molecule has 5 heteroatoms. The topological polar surface area (TPSA) is 73.7 Å². The molecule has 3 N–H and O–H groups in total. The smallest absolute Gasteiger partial charge is 0.262 e. The summed E-state index contributed by atoms with van der Waals surface area (Å²) >= 11 is 0. The molecule has 1 amide bonds. The van der Waals surface area contributed by atoms with E-state index in [0.29, 0.717) is 5.56 Å². The molecule has 3 aromatic carbocycles. The Hall–Kier alpha value is -3.34. The maximum absolute atomic E-state index is 12.1. The van der Waals surface area contributed by atoms with Gasteiger partial charge in [-0.25, -0.2) is 5.43 Å². The van der Waals surface area contributed by atoms with Gasteiger partial charge in [-0.2, -0.15) is 5.10 Å². The van der Waals surface area contributed by atoms with Crippen molar-refractivity contribution in [2.45, 2.75) is 13.0 Å². The minimum Gasteiger partial charge on any atom is -0.507 e. The number of hydrazone groups is 1. The van der Waals surface area contributed by atoms with E-state index in [1.165, 1.54) is 6.21 Å². The predicted molar refractivity (Wildman–Crippen MR) is 101 cm³/mol. The first kappa shape index (κ1) is 16.5. The molecule has 1 unspecified atom stereocenters. The zero-order valence-corrected chi connectivity index (χ0v) is 13.8. The van der Waals surface area contributed by atoms with E-state index in [4.69, 9.17) is 0 Å². The molecule has 0 heterocycles. The van der Waals surface area contributed by atoms with Gasteiger partial charge in [0.05, 0.1) is 6.21 Å². The van der Waals surface area contributed by atoms with Crippen LogP contribution in [0.4, 0.5) is 5.69 Å². The number of carbonyl (C=O) groups excluding carboxylic acids is 1. The molecule has 0 aliphatic carbocycles. The van der Waals surface area contributed by atoms with Crippen LogP contribution in [0.1, 0.15) is 12.5 Å². The molecule has 0 saturated heterocycles. The van der Waals surface area contributed by atoms with Gasteiger partial charge < -0.3 is 10.4 Å². The molecular weight excluding hydrogens is 314 g/mol. The number of phenolic OH excluding ortho intramolecular Hbond substituents is 1. The lowest BCUT2D eigenvalue weighted by atomic mass is 10.1. The number of carbonyl (C=O) groups is 1. The molecule has 3 rings (SSSR count). The van der Waals surface area contributed by atoms with Gasteiger partial charge in [0.1, 0.15) is 11.8 Å². The fourth-order valence-electron chi connectivity index (χ4n) is 2.45. The van der Waals surface area contributed by atoms with Crippen molar-refractivity contribution in [3.63, 3.8) is 0 Å². The molecule has 126 valence electrons. The van der Waals surface area contributed by atoms with Gasteiger partial charge in [-0.05, 0) is 42.0 Å². The highest BCUT2D eigenvalue weighted by molar-refractivity contribution is 5.89. The zero-order chi connectivity index (χ0) is 17.6. The Bertz CT molecular complexity index is 921. The second-order valence-electron chi connectivity index (χ2n) is 5.72. The lowest BCUT2D eigenvalue weighted by Gasteiger charge is -2.14. The summed E-state index contributed by atoms with van der Waals surface area (Å²) in [7, 11) is 0. The molecule has 0 bridgehead atoms. The second-order valence-corrected chi connectivity index (χ2v) is 5.72. The Balaban J connectivity index is 1.61. The minimum atomic E-state index is -0.456. The van der Waals surface area contributed by atoms with Crippen LogP contribution in [0.5, 0.6) is 5.75 Å². The summed E-state index contributed by atoms with van der Waals surface area (Å²) in [5, 5.41) is 19.0. The van der Waals surface area contributed by atoms with E-state index in [-0.39, 0.29) is 11.7 Å². The predicted octanol–water partition coefficient (Wildman–Crippen LogP) is 3.50. The van der Waals surface area contributed by atoms with Gasteiger partial charge in [0.2, 0.25) is 0 Å². The third kappa shape index (κ3) is 4.14. The first-order valence-electron chi connectivity index (χ1n) is 8.00. The van der Waals surface area contributed by atoms with E-state index in [9.17, 15) is 9.90 Å². The number of nitrogens with one attached hydrogen (secondary N) is 2. The number of rotatable bonds is 5. The lowest BCUT2D eigenvalue weighted by molar-refractivity contribution is -0.121. The average molecular weight is 333 g/mol. The van der Waals surface area contributed by atoms with Crippen LogP contribution >= 0.6 is 0 Å². The largest absolute Gasteiger partial charge is 0.507 e. The minimum absolute atomic E-state index is 0.114. The number of aromatic hydroxyl groups is 1. The summed E-state index contributed by atoms with van der Waals surface area (Å²) in [6.45, 7) is 1.76. The number of hydrogen-bond donors (Lipinski definition) is 3. The van der Waals surface area contributed by atoms with Crippen LogP contribution in [0.2, 0.25) is 0 Å². The first-order chi connectivity index (χ1) is 12.1. The van der Waals surface area contributed by atoms with Crippen molar-refractivity contribution in [2.24, 2.45) is 5.10 Å². The van der Waals surface area contributed by atoms with Crippen LogP contribution in [-0.4, -0.2) is 23.3 Å². The van der Waals surface area contributed by atoms with Crippen molar-refractivity contribution in [1.82, 2.24) is 5.43 Å². The number of benzene rings is 3. The highest BCUT2D eigenvalue weighted by Crippen LogP contribution is 2.19. The van der Waals surface area contributed by atoms with Crippen LogP contribution in [0.25, 0.3) is 10.8 Å². The summed E-state index contributed by atoms with van der Waals surface area (Å²) in [6, 6.07) is 20.3. The maximum atomic E-state index is 12.1. The SMILES string of the molecule is CC(Nc1ccc2ccccc2c1)C(=O)N/N=C/c1ccccc1O. The Morgan fingerprint density at radius 3 is 2.56 bits per heavy atom. The number of fused-ring (bicyclic) bond motifs is 1. The van der Waals surface area contributed by atoms with Crippen molar-refractivity contribution in [3.05, 3.63) is 72.3 Å². The van der Waals surface area contributed by atoms with Gasteiger partial charge in [0, 0.05) is 11.3 Å². The molecule has 0 aliphatic rings. The molecule has 0 aromatic heterocycles. The molecule has 3 aromatic rings. The summed E-state index contributed by atoms with van der Waals surface area (Å²) in [4.78, 5) is 12.1. The van der Waals surface area contributed by atoms with Crippen molar-refractivity contribution >= 4 is 28.6 Å².